The van der Waals surface area contributed by atoms with Gasteiger partial charge in [-0.15, -0.1) is 0 Å². The van der Waals surface area contributed by atoms with Crippen LogP contribution < -0.4 is 10.1 Å². The van der Waals surface area contributed by atoms with E-state index in [1.165, 1.54) is 36.4 Å². The van der Waals surface area contributed by atoms with Crippen molar-refractivity contribution in [3.63, 3.8) is 0 Å². The van der Waals surface area contributed by atoms with Gasteiger partial charge in [0.15, 0.2) is 6.61 Å². The molecule has 0 aliphatic heterocycles. The van der Waals surface area contributed by atoms with Gasteiger partial charge in [0.05, 0.1) is 5.56 Å². The van der Waals surface area contributed by atoms with Crippen molar-refractivity contribution in [2.24, 2.45) is 0 Å². The molecule has 1 amide bonds. The van der Waals surface area contributed by atoms with E-state index in [1.54, 1.807) is 0 Å². The fraction of sp³-hybridized carbons (Fsp3) is 0.125. The Morgan fingerprint density at radius 2 is 1.62 bits per heavy atom. The second kappa shape index (κ2) is 8.00. The first kappa shape index (κ1) is 17.3. The Balaban J connectivity index is 1.82. The quantitative estimate of drug-likeness (QED) is 0.821. The smallest absolute Gasteiger partial charge is 0.387 e. The van der Waals surface area contributed by atoms with E-state index in [4.69, 9.17) is 4.74 Å². The molecule has 2 aromatic rings. The van der Waals surface area contributed by atoms with E-state index >= 15 is 0 Å². The molecule has 5 nitrogen and oxygen atoms in total. The number of carbonyl (C=O) groups excluding carboxylic acids is 2. The van der Waals surface area contributed by atoms with Crippen LogP contribution in [0.4, 0.5) is 18.9 Å². The molecule has 0 aromatic heterocycles. The topological polar surface area (TPSA) is 64.6 Å². The van der Waals surface area contributed by atoms with Crippen molar-refractivity contribution >= 4 is 17.6 Å². The summed E-state index contributed by atoms with van der Waals surface area (Å²) in [5, 5.41) is 2.42. The van der Waals surface area contributed by atoms with E-state index in [1.807, 2.05) is 0 Å². The molecule has 0 atom stereocenters. The van der Waals surface area contributed by atoms with Crippen molar-refractivity contribution in [2.45, 2.75) is 6.61 Å². The Labute approximate surface area is 135 Å². The third-order valence-corrected chi connectivity index (χ3v) is 2.78. The van der Waals surface area contributed by atoms with Gasteiger partial charge in [-0.05, 0) is 48.5 Å². The van der Waals surface area contributed by atoms with Gasteiger partial charge in [-0.25, -0.2) is 9.18 Å². The lowest BCUT2D eigenvalue weighted by molar-refractivity contribution is -0.119. The molecule has 0 heterocycles. The van der Waals surface area contributed by atoms with E-state index in [2.05, 4.69) is 10.1 Å². The SMILES string of the molecule is O=C(COC(=O)c1ccc(F)cc1)Nc1ccc(OC(F)F)cc1. The van der Waals surface area contributed by atoms with Crippen LogP contribution in [0.5, 0.6) is 5.75 Å². The first-order valence-corrected chi connectivity index (χ1v) is 6.71. The number of carbonyl (C=O) groups is 2. The van der Waals surface area contributed by atoms with E-state index < -0.39 is 30.9 Å². The summed E-state index contributed by atoms with van der Waals surface area (Å²) in [7, 11) is 0. The maximum absolute atomic E-state index is 12.7. The van der Waals surface area contributed by atoms with Crippen LogP contribution in [-0.2, 0) is 9.53 Å². The molecule has 0 unspecified atom stereocenters. The summed E-state index contributed by atoms with van der Waals surface area (Å²) in [5.74, 6) is -1.94. The molecule has 2 aromatic carbocycles. The molecule has 1 N–H and O–H groups in total. The van der Waals surface area contributed by atoms with Crippen LogP contribution in [0.15, 0.2) is 48.5 Å². The number of nitrogens with one attached hydrogen (secondary N) is 1. The number of hydrogen-bond donors (Lipinski definition) is 1. The zero-order valence-corrected chi connectivity index (χ0v) is 12.2. The van der Waals surface area contributed by atoms with E-state index in [9.17, 15) is 22.8 Å². The predicted octanol–water partition coefficient (Wildman–Crippen LogP) is 3.22. The second-order valence-corrected chi connectivity index (χ2v) is 4.53. The summed E-state index contributed by atoms with van der Waals surface area (Å²) in [6.45, 7) is -3.48. The lowest BCUT2D eigenvalue weighted by atomic mass is 10.2. The molecule has 2 rings (SSSR count). The third-order valence-electron chi connectivity index (χ3n) is 2.78. The van der Waals surface area contributed by atoms with Gasteiger partial charge in [0.2, 0.25) is 0 Å². The number of anilines is 1. The predicted molar refractivity (Wildman–Crippen MR) is 78.4 cm³/mol. The lowest BCUT2D eigenvalue weighted by Gasteiger charge is -2.08. The highest BCUT2D eigenvalue weighted by atomic mass is 19.3. The molecule has 0 radical (unpaired) electrons. The largest absolute Gasteiger partial charge is 0.452 e. The molecule has 8 heteroatoms. The van der Waals surface area contributed by atoms with Crippen molar-refractivity contribution in [3.05, 3.63) is 59.9 Å². The Morgan fingerprint density at radius 3 is 2.21 bits per heavy atom. The van der Waals surface area contributed by atoms with Gasteiger partial charge in [0.25, 0.3) is 5.91 Å². The highest BCUT2D eigenvalue weighted by Gasteiger charge is 2.11. The fourth-order valence-corrected chi connectivity index (χ4v) is 1.72. The molecule has 0 fully saturated rings. The molecule has 24 heavy (non-hydrogen) atoms. The van der Waals surface area contributed by atoms with Crippen LogP contribution >= 0.6 is 0 Å². The Morgan fingerprint density at radius 1 is 1.00 bits per heavy atom. The number of halogens is 3. The van der Waals surface area contributed by atoms with Gasteiger partial charge < -0.3 is 14.8 Å². The van der Waals surface area contributed by atoms with Crippen molar-refractivity contribution in [3.8, 4) is 5.75 Å². The van der Waals surface area contributed by atoms with Crippen LogP contribution in [-0.4, -0.2) is 25.1 Å². The van der Waals surface area contributed by atoms with Crippen molar-refractivity contribution in [1.29, 1.82) is 0 Å². The third kappa shape index (κ3) is 5.31. The van der Waals surface area contributed by atoms with Gasteiger partial charge in [0, 0.05) is 5.69 Å². The molecule has 0 saturated carbocycles. The molecule has 0 aliphatic rings. The molecule has 0 spiro atoms. The maximum Gasteiger partial charge on any atom is 0.387 e. The minimum absolute atomic E-state index is 0.0502. The summed E-state index contributed by atoms with van der Waals surface area (Å²) in [5.41, 5.74) is 0.428. The number of rotatable bonds is 6. The minimum Gasteiger partial charge on any atom is -0.452 e. The summed E-state index contributed by atoms with van der Waals surface area (Å²) in [6.07, 6.45) is 0. The Kier molecular flexibility index (Phi) is 5.78. The lowest BCUT2D eigenvalue weighted by Crippen LogP contribution is -2.20. The average molecular weight is 339 g/mol. The van der Waals surface area contributed by atoms with Crippen LogP contribution in [0.1, 0.15) is 10.4 Å². The highest BCUT2D eigenvalue weighted by molar-refractivity contribution is 5.95. The summed E-state index contributed by atoms with van der Waals surface area (Å²) in [4.78, 5) is 23.3. The second-order valence-electron chi connectivity index (χ2n) is 4.53. The first-order chi connectivity index (χ1) is 11.4. The summed E-state index contributed by atoms with van der Waals surface area (Å²) < 4.78 is 45.7. The number of esters is 1. The normalized spacial score (nSPS) is 10.3. The molecular formula is C16H12F3NO4. The standard InChI is InChI=1S/C16H12F3NO4/c17-11-3-1-10(2-4-11)15(22)23-9-14(21)20-12-5-7-13(8-6-12)24-16(18)19/h1-8,16H,9H2,(H,20,21). The molecule has 0 aliphatic carbocycles. The first-order valence-electron chi connectivity index (χ1n) is 6.71. The van der Waals surface area contributed by atoms with Crippen molar-refractivity contribution in [1.82, 2.24) is 0 Å². The van der Waals surface area contributed by atoms with Gasteiger partial charge in [0.1, 0.15) is 11.6 Å². The number of amides is 1. The number of alkyl halides is 2. The molecular weight excluding hydrogens is 327 g/mol. The summed E-state index contributed by atoms with van der Waals surface area (Å²) >= 11 is 0. The minimum atomic E-state index is -2.93. The van der Waals surface area contributed by atoms with Gasteiger partial charge >= 0.3 is 12.6 Å². The van der Waals surface area contributed by atoms with Crippen molar-refractivity contribution < 1.29 is 32.2 Å². The monoisotopic (exact) mass is 339 g/mol. The molecule has 0 saturated heterocycles. The van der Waals surface area contributed by atoms with Crippen LogP contribution in [0.2, 0.25) is 0 Å². The number of hydrogen-bond acceptors (Lipinski definition) is 4. The van der Waals surface area contributed by atoms with Crippen LogP contribution in [0.3, 0.4) is 0 Å². The zero-order chi connectivity index (χ0) is 17.5. The Hall–Kier alpha value is -3.03. The Bertz CT molecular complexity index is 702. The highest BCUT2D eigenvalue weighted by Crippen LogP contribution is 2.17. The number of ether oxygens (including phenoxy) is 2. The summed E-state index contributed by atoms with van der Waals surface area (Å²) in [6, 6.07) is 9.89. The zero-order valence-electron chi connectivity index (χ0n) is 12.2. The van der Waals surface area contributed by atoms with Crippen molar-refractivity contribution in [2.75, 3.05) is 11.9 Å². The van der Waals surface area contributed by atoms with E-state index in [0.29, 0.717) is 5.69 Å². The average Bonchev–Trinajstić information content (AvgIpc) is 2.54. The van der Waals surface area contributed by atoms with Crippen LogP contribution in [0.25, 0.3) is 0 Å². The van der Waals surface area contributed by atoms with E-state index in [-0.39, 0.29) is 11.3 Å². The maximum atomic E-state index is 12.7. The van der Waals surface area contributed by atoms with Gasteiger partial charge in [-0.3, -0.25) is 4.79 Å². The fourth-order valence-electron chi connectivity index (χ4n) is 1.72. The molecule has 126 valence electrons. The van der Waals surface area contributed by atoms with E-state index in [0.717, 1.165) is 12.1 Å². The number of benzene rings is 2. The van der Waals surface area contributed by atoms with Crippen LogP contribution in [0, 0.1) is 5.82 Å². The van der Waals surface area contributed by atoms with Gasteiger partial charge in [-0.1, -0.05) is 0 Å². The molecule has 0 bridgehead atoms. The van der Waals surface area contributed by atoms with Gasteiger partial charge in [-0.2, -0.15) is 8.78 Å².